The summed E-state index contributed by atoms with van der Waals surface area (Å²) in [7, 11) is 1.19. The van der Waals surface area contributed by atoms with E-state index < -0.39 is 34.8 Å². The van der Waals surface area contributed by atoms with Crippen molar-refractivity contribution in [2.24, 2.45) is 0 Å². The molecule has 0 bridgehead atoms. The zero-order valence-electron chi connectivity index (χ0n) is 13.5. The van der Waals surface area contributed by atoms with Gasteiger partial charge in [-0.05, 0) is 24.3 Å². The van der Waals surface area contributed by atoms with Gasteiger partial charge >= 0.3 is 5.97 Å². The number of nitrogens with zero attached hydrogens (tertiary/aromatic N) is 1. The molecule has 0 radical (unpaired) electrons. The lowest BCUT2D eigenvalue weighted by Crippen LogP contribution is -2.17. The number of carbonyl (C=O) groups is 2. The molecule has 2 aromatic carbocycles. The SMILES string of the molecule is COC(=O)c1ccccc1NC(=O)/C(C#N)=C\Nc1c(F)cccc1F. The van der Waals surface area contributed by atoms with E-state index in [9.17, 15) is 18.4 Å². The summed E-state index contributed by atoms with van der Waals surface area (Å²) in [5.41, 5.74) is -0.730. The summed E-state index contributed by atoms with van der Waals surface area (Å²) in [5, 5.41) is 13.8. The van der Waals surface area contributed by atoms with Crippen LogP contribution < -0.4 is 10.6 Å². The van der Waals surface area contributed by atoms with Gasteiger partial charge in [0.25, 0.3) is 5.91 Å². The van der Waals surface area contributed by atoms with Crippen LogP contribution in [0.15, 0.2) is 54.2 Å². The van der Waals surface area contributed by atoms with Gasteiger partial charge in [-0.2, -0.15) is 5.26 Å². The summed E-state index contributed by atoms with van der Waals surface area (Å²) in [6, 6.07) is 10.9. The van der Waals surface area contributed by atoms with E-state index in [1.54, 1.807) is 18.2 Å². The molecule has 0 aliphatic carbocycles. The molecule has 0 fully saturated rings. The van der Waals surface area contributed by atoms with Crippen LogP contribution in [0.3, 0.4) is 0 Å². The molecule has 0 atom stereocenters. The average Bonchev–Trinajstić information content (AvgIpc) is 2.64. The molecule has 2 aromatic rings. The molecule has 0 aromatic heterocycles. The maximum atomic E-state index is 13.6. The second-order valence-electron chi connectivity index (χ2n) is 4.90. The van der Waals surface area contributed by atoms with Crippen molar-refractivity contribution in [2.75, 3.05) is 17.7 Å². The van der Waals surface area contributed by atoms with E-state index in [-0.39, 0.29) is 11.3 Å². The highest BCUT2D eigenvalue weighted by Gasteiger charge is 2.16. The van der Waals surface area contributed by atoms with Crippen LogP contribution in [0.25, 0.3) is 0 Å². The summed E-state index contributed by atoms with van der Waals surface area (Å²) >= 11 is 0. The van der Waals surface area contributed by atoms with Gasteiger partial charge in [0.05, 0.1) is 18.4 Å². The molecule has 2 N–H and O–H groups in total. The second-order valence-corrected chi connectivity index (χ2v) is 4.90. The van der Waals surface area contributed by atoms with E-state index in [2.05, 4.69) is 15.4 Å². The van der Waals surface area contributed by atoms with Gasteiger partial charge in [0.1, 0.15) is 29.0 Å². The molecule has 0 aliphatic rings. The highest BCUT2D eigenvalue weighted by Crippen LogP contribution is 2.19. The first-order chi connectivity index (χ1) is 12.5. The Morgan fingerprint density at radius 2 is 1.77 bits per heavy atom. The van der Waals surface area contributed by atoms with Gasteiger partial charge in [-0.15, -0.1) is 0 Å². The second kappa shape index (κ2) is 8.39. The molecule has 8 heteroatoms. The molecule has 0 aliphatic heterocycles. The van der Waals surface area contributed by atoms with E-state index in [0.717, 1.165) is 18.3 Å². The maximum absolute atomic E-state index is 13.6. The summed E-state index contributed by atoms with van der Waals surface area (Å²) < 4.78 is 31.7. The Labute approximate surface area is 147 Å². The van der Waals surface area contributed by atoms with Crippen molar-refractivity contribution >= 4 is 23.3 Å². The highest BCUT2D eigenvalue weighted by atomic mass is 19.1. The largest absolute Gasteiger partial charge is 0.465 e. The zero-order valence-corrected chi connectivity index (χ0v) is 13.5. The lowest BCUT2D eigenvalue weighted by Gasteiger charge is -2.09. The Morgan fingerprint density at radius 1 is 1.12 bits per heavy atom. The van der Waals surface area contributed by atoms with Gasteiger partial charge in [-0.1, -0.05) is 18.2 Å². The molecule has 0 spiro atoms. The van der Waals surface area contributed by atoms with Crippen molar-refractivity contribution in [1.29, 1.82) is 5.26 Å². The Hall–Kier alpha value is -3.73. The number of hydrogen-bond donors (Lipinski definition) is 2. The minimum atomic E-state index is -0.880. The third-order valence-corrected chi connectivity index (χ3v) is 3.27. The van der Waals surface area contributed by atoms with E-state index in [1.807, 2.05) is 0 Å². The van der Waals surface area contributed by atoms with Crippen LogP contribution in [0.4, 0.5) is 20.2 Å². The maximum Gasteiger partial charge on any atom is 0.339 e. The number of nitrogens with one attached hydrogen (secondary N) is 2. The van der Waals surface area contributed by atoms with E-state index in [4.69, 9.17) is 5.26 Å². The number of hydrogen-bond acceptors (Lipinski definition) is 5. The number of amides is 1. The molecule has 1 amide bonds. The molecule has 0 heterocycles. The van der Waals surface area contributed by atoms with E-state index in [0.29, 0.717) is 0 Å². The monoisotopic (exact) mass is 357 g/mol. The number of methoxy groups -OCH3 is 1. The number of benzene rings is 2. The van der Waals surface area contributed by atoms with Crippen molar-refractivity contribution in [3.05, 3.63) is 71.4 Å². The molecular formula is C18H13F2N3O3. The van der Waals surface area contributed by atoms with Crippen LogP contribution in [0.2, 0.25) is 0 Å². The number of ether oxygens (including phenoxy) is 1. The number of nitriles is 1. The fourth-order valence-electron chi connectivity index (χ4n) is 2.00. The van der Waals surface area contributed by atoms with Gasteiger partial charge in [0.15, 0.2) is 0 Å². The predicted molar refractivity (Wildman–Crippen MR) is 90.1 cm³/mol. The third-order valence-electron chi connectivity index (χ3n) is 3.27. The Kier molecular flexibility index (Phi) is 6.01. The molecule has 0 saturated carbocycles. The van der Waals surface area contributed by atoms with E-state index >= 15 is 0 Å². The Morgan fingerprint density at radius 3 is 2.38 bits per heavy atom. The van der Waals surface area contributed by atoms with Crippen molar-refractivity contribution < 1.29 is 23.1 Å². The molecular weight excluding hydrogens is 344 g/mol. The molecule has 0 unspecified atom stereocenters. The predicted octanol–water partition coefficient (Wildman–Crippen LogP) is 3.21. The van der Waals surface area contributed by atoms with Crippen LogP contribution in [0, 0.1) is 23.0 Å². The number of rotatable bonds is 5. The van der Waals surface area contributed by atoms with Crippen LogP contribution in [-0.4, -0.2) is 19.0 Å². The lowest BCUT2D eigenvalue weighted by molar-refractivity contribution is -0.112. The third kappa shape index (κ3) is 4.21. The Bertz CT molecular complexity index is 900. The fraction of sp³-hybridized carbons (Fsp3) is 0.0556. The van der Waals surface area contributed by atoms with Crippen molar-refractivity contribution in [3.8, 4) is 6.07 Å². The molecule has 26 heavy (non-hydrogen) atoms. The first-order valence-corrected chi connectivity index (χ1v) is 7.27. The number of carbonyl (C=O) groups excluding carboxylic acids is 2. The quantitative estimate of drug-likeness (QED) is 0.487. The van der Waals surface area contributed by atoms with Gasteiger partial charge in [0, 0.05) is 6.20 Å². The summed E-state index contributed by atoms with van der Waals surface area (Å²) in [4.78, 5) is 23.9. The average molecular weight is 357 g/mol. The topological polar surface area (TPSA) is 91.2 Å². The minimum Gasteiger partial charge on any atom is -0.465 e. The van der Waals surface area contributed by atoms with E-state index in [1.165, 1.54) is 25.3 Å². The lowest BCUT2D eigenvalue weighted by atomic mass is 10.1. The number of para-hydroxylation sites is 2. The molecule has 132 valence electrons. The number of anilines is 2. The zero-order chi connectivity index (χ0) is 19.1. The summed E-state index contributed by atoms with van der Waals surface area (Å²) in [6.45, 7) is 0. The standard InChI is InChI=1S/C18H13F2N3O3/c1-26-18(25)12-5-2-3-8-15(12)23-17(24)11(9-21)10-22-16-13(19)6-4-7-14(16)20/h2-8,10,22H,1H3,(H,23,24)/b11-10-. The van der Waals surface area contributed by atoms with Crippen molar-refractivity contribution in [1.82, 2.24) is 0 Å². The fourth-order valence-corrected chi connectivity index (χ4v) is 2.00. The van der Waals surface area contributed by atoms with Gasteiger partial charge in [-0.25, -0.2) is 13.6 Å². The number of esters is 1. The van der Waals surface area contributed by atoms with Crippen molar-refractivity contribution in [2.45, 2.75) is 0 Å². The van der Waals surface area contributed by atoms with Crippen LogP contribution >= 0.6 is 0 Å². The van der Waals surface area contributed by atoms with Crippen LogP contribution in [0.5, 0.6) is 0 Å². The molecule has 6 nitrogen and oxygen atoms in total. The van der Waals surface area contributed by atoms with Gasteiger partial charge in [-0.3, -0.25) is 4.79 Å². The summed E-state index contributed by atoms with van der Waals surface area (Å²) in [5.74, 6) is -3.30. The Balaban J connectivity index is 2.23. The smallest absolute Gasteiger partial charge is 0.339 e. The van der Waals surface area contributed by atoms with Crippen LogP contribution in [0.1, 0.15) is 10.4 Å². The molecule has 2 rings (SSSR count). The number of halogens is 2. The normalized spacial score (nSPS) is 10.6. The molecule has 0 saturated heterocycles. The van der Waals surface area contributed by atoms with Gasteiger partial charge in [0.2, 0.25) is 0 Å². The summed E-state index contributed by atoms with van der Waals surface area (Å²) in [6.07, 6.45) is 0.873. The highest BCUT2D eigenvalue weighted by molar-refractivity contribution is 6.09. The first kappa shape index (κ1) is 18.6. The minimum absolute atomic E-state index is 0.0914. The van der Waals surface area contributed by atoms with Crippen LogP contribution in [-0.2, 0) is 9.53 Å². The first-order valence-electron chi connectivity index (χ1n) is 7.27. The van der Waals surface area contributed by atoms with Gasteiger partial charge < -0.3 is 15.4 Å². The van der Waals surface area contributed by atoms with Crippen molar-refractivity contribution in [3.63, 3.8) is 0 Å².